The lowest BCUT2D eigenvalue weighted by Crippen LogP contribution is -2.42. The Morgan fingerprint density at radius 3 is 2.24 bits per heavy atom. The lowest BCUT2D eigenvalue weighted by molar-refractivity contribution is -0.138. The van der Waals surface area contributed by atoms with Crippen LogP contribution in [0.4, 0.5) is 32.3 Å². The molecule has 2 aliphatic heterocycles. The van der Waals surface area contributed by atoms with Gasteiger partial charge in [0.05, 0.1) is 29.4 Å². The number of likely N-dealkylation sites (tertiary alicyclic amines) is 1. The maximum Gasteiger partial charge on any atom is 0.420 e. The van der Waals surface area contributed by atoms with Gasteiger partial charge in [0.25, 0.3) is 0 Å². The minimum Gasteiger partial charge on any atom is -0.390 e. The fourth-order valence-electron chi connectivity index (χ4n) is 5.53. The summed E-state index contributed by atoms with van der Waals surface area (Å²) in [7, 11) is -3.38. The maximum absolute atomic E-state index is 14.2. The molecule has 246 valence electrons. The van der Waals surface area contributed by atoms with Gasteiger partial charge in [-0.3, -0.25) is 4.90 Å². The van der Waals surface area contributed by atoms with E-state index in [2.05, 4.69) is 20.3 Å². The molecule has 2 aliphatic rings. The fraction of sp³-hybridized carbons (Fsp3) is 0.536. The normalized spacial score (nSPS) is 19.1. The van der Waals surface area contributed by atoms with Crippen LogP contribution in [-0.4, -0.2) is 86.3 Å². The van der Waals surface area contributed by atoms with E-state index in [-0.39, 0.29) is 43.0 Å². The van der Waals surface area contributed by atoms with Crippen molar-refractivity contribution >= 4 is 16.0 Å². The summed E-state index contributed by atoms with van der Waals surface area (Å²) in [4.78, 5) is 13.8. The second-order valence-electron chi connectivity index (χ2n) is 11.8. The Morgan fingerprint density at radius 1 is 1.00 bits per heavy atom. The number of aromatic nitrogens is 4. The number of nitrogens with one attached hydrogen (secondary N) is 1. The van der Waals surface area contributed by atoms with Crippen molar-refractivity contribution in [3.05, 3.63) is 53.6 Å². The van der Waals surface area contributed by atoms with Crippen molar-refractivity contribution in [1.29, 1.82) is 0 Å². The number of imidazole rings is 1. The molecule has 3 aromatic rings. The predicted octanol–water partition coefficient (Wildman–Crippen LogP) is 4.55. The number of rotatable bonds is 7. The second-order valence-corrected chi connectivity index (χ2v) is 13.8. The van der Waals surface area contributed by atoms with Crippen molar-refractivity contribution in [2.75, 3.05) is 37.8 Å². The van der Waals surface area contributed by atoms with Crippen LogP contribution in [0.3, 0.4) is 0 Å². The monoisotopic (exact) mass is 661 g/mol. The number of halogens is 6. The summed E-state index contributed by atoms with van der Waals surface area (Å²) in [6, 6.07) is 3.49. The Hall–Kier alpha value is -3.28. The molecule has 0 amide bonds. The SMILES string of the molecule is CC1(O)CCN(Cc2ccc(-n3cnc(-c4nc(NC5CCN(S(C)(=O)=O)CC5)ncc4C(F)(F)F)c3)c(C(F)(F)F)c2)CC1. The quantitative estimate of drug-likeness (QED) is 0.355. The summed E-state index contributed by atoms with van der Waals surface area (Å²) in [5.74, 6) is -0.148. The highest BCUT2D eigenvalue weighted by Crippen LogP contribution is 2.38. The largest absolute Gasteiger partial charge is 0.420 e. The van der Waals surface area contributed by atoms with Crippen molar-refractivity contribution in [3.8, 4) is 17.1 Å². The van der Waals surface area contributed by atoms with Gasteiger partial charge < -0.3 is 15.0 Å². The first-order valence-corrected chi connectivity index (χ1v) is 16.1. The molecule has 0 aliphatic carbocycles. The van der Waals surface area contributed by atoms with E-state index in [0.29, 0.717) is 50.5 Å². The third kappa shape index (κ3) is 7.93. The molecule has 0 atom stereocenters. The third-order valence-electron chi connectivity index (χ3n) is 8.16. The molecule has 0 radical (unpaired) electrons. The minimum atomic E-state index is -4.88. The summed E-state index contributed by atoms with van der Waals surface area (Å²) >= 11 is 0. The highest BCUT2D eigenvalue weighted by atomic mass is 32.2. The van der Waals surface area contributed by atoms with Gasteiger partial charge in [-0.15, -0.1) is 0 Å². The van der Waals surface area contributed by atoms with Crippen LogP contribution in [0.1, 0.15) is 49.3 Å². The Labute approximate surface area is 256 Å². The molecule has 5 rings (SSSR count). The molecule has 2 N–H and O–H groups in total. The highest BCUT2D eigenvalue weighted by Gasteiger charge is 2.38. The first kappa shape index (κ1) is 33.1. The number of hydrogen-bond acceptors (Lipinski definition) is 8. The fourth-order valence-corrected chi connectivity index (χ4v) is 6.40. The van der Waals surface area contributed by atoms with Crippen molar-refractivity contribution in [1.82, 2.24) is 28.7 Å². The number of piperidine rings is 2. The average Bonchev–Trinajstić information content (AvgIpc) is 3.43. The van der Waals surface area contributed by atoms with Crippen LogP contribution >= 0.6 is 0 Å². The van der Waals surface area contributed by atoms with Crippen LogP contribution in [-0.2, 0) is 28.9 Å². The van der Waals surface area contributed by atoms with E-state index in [1.54, 1.807) is 6.92 Å². The van der Waals surface area contributed by atoms with E-state index < -0.39 is 44.8 Å². The van der Waals surface area contributed by atoms with Crippen molar-refractivity contribution < 1.29 is 39.9 Å². The summed E-state index contributed by atoms with van der Waals surface area (Å²) < 4.78 is 110. The van der Waals surface area contributed by atoms with E-state index in [4.69, 9.17) is 0 Å². The number of sulfonamides is 1. The summed E-state index contributed by atoms with van der Waals surface area (Å²) in [5.41, 5.74) is -3.82. The number of hydrogen-bond donors (Lipinski definition) is 2. The molecular weight excluding hydrogens is 628 g/mol. The molecule has 2 aromatic heterocycles. The highest BCUT2D eigenvalue weighted by molar-refractivity contribution is 7.88. The lowest BCUT2D eigenvalue weighted by Gasteiger charge is -2.35. The zero-order valence-corrected chi connectivity index (χ0v) is 25.3. The lowest BCUT2D eigenvalue weighted by atomic mass is 9.93. The molecule has 1 aromatic carbocycles. The smallest absolute Gasteiger partial charge is 0.390 e. The van der Waals surface area contributed by atoms with Crippen LogP contribution in [0.2, 0.25) is 0 Å². The number of nitrogens with zero attached hydrogens (tertiary/aromatic N) is 6. The number of anilines is 1. The van der Waals surface area contributed by atoms with Crippen molar-refractivity contribution in [3.63, 3.8) is 0 Å². The van der Waals surface area contributed by atoms with Crippen LogP contribution in [0, 0.1) is 0 Å². The Balaban J connectivity index is 1.41. The van der Waals surface area contributed by atoms with E-state index in [9.17, 15) is 39.9 Å². The van der Waals surface area contributed by atoms with Gasteiger partial charge >= 0.3 is 12.4 Å². The Morgan fingerprint density at radius 2 is 1.64 bits per heavy atom. The van der Waals surface area contributed by atoms with Gasteiger partial charge in [-0.2, -0.15) is 26.3 Å². The molecule has 4 heterocycles. The molecule has 0 saturated carbocycles. The Kier molecular flexibility index (Phi) is 8.93. The van der Waals surface area contributed by atoms with Crippen molar-refractivity contribution in [2.24, 2.45) is 0 Å². The third-order valence-corrected chi connectivity index (χ3v) is 9.46. The number of aliphatic hydroxyl groups is 1. The molecule has 0 bridgehead atoms. The second kappa shape index (κ2) is 12.1. The molecular formula is C28H33F6N7O3S. The number of alkyl halides is 6. The topological polar surface area (TPSA) is 116 Å². The van der Waals surface area contributed by atoms with Crippen LogP contribution in [0.15, 0.2) is 36.9 Å². The standard InChI is InChI=1S/C28H33F6N7O3S/c1-26(42)7-11-39(12-8-26)15-18-3-4-23(20(13-18)27(29,30)31)40-16-22(36-17-40)24-21(28(32,33)34)14-35-25(38-24)37-19-5-9-41(10-6-19)45(2,43)44/h3-4,13-14,16-17,19,42H,5-12,15H2,1-2H3,(H,35,37,38). The first-order chi connectivity index (χ1) is 20.9. The van der Waals surface area contributed by atoms with Gasteiger partial charge in [-0.25, -0.2) is 27.7 Å². The van der Waals surface area contributed by atoms with E-state index in [0.717, 1.165) is 29.4 Å². The van der Waals surface area contributed by atoms with Gasteiger partial charge in [0.1, 0.15) is 17.0 Å². The number of benzene rings is 1. The molecule has 2 fully saturated rings. The maximum atomic E-state index is 14.2. The van der Waals surface area contributed by atoms with Crippen molar-refractivity contribution in [2.45, 2.75) is 63.1 Å². The van der Waals surface area contributed by atoms with Gasteiger partial charge in [0.15, 0.2) is 0 Å². The molecule has 17 heteroatoms. The van der Waals surface area contributed by atoms with Crippen LogP contribution in [0.25, 0.3) is 17.1 Å². The van der Waals surface area contributed by atoms with Crippen LogP contribution in [0.5, 0.6) is 0 Å². The van der Waals surface area contributed by atoms with Crippen LogP contribution < -0.4 is 5.32 Å². The average molecular weight is 662 g/mol. The zero-order chi connectivity index (χ0) is 32.8. The molecule has 0 spiro atoms. The zero-order valence-electron chi connectivity index (χ0n) is 24.5. The van der Waals surface area contributed by atoms with Gasteiger partial charge in [-0.1, -0.05) is 6.07 Å². The molecule has 0 unspecified atom stereocenters. The molecule has 45 heavy (non-hydrogen) atoms. The van der Waals surface area contributed by atoms with E-state index in [1.807, 2.05) is 4.90 Å². The molecule has 2 saturated heterocycles. The Bertz CT molecular complexity index is 1620. The summed E-state index contributed by atoms with van der Waals surface area (Å²) in [6.45, 7) is 3.46. The minimum absolute atomic E-state index is 0.148. The summed E-state index contributed by atoms with van der Waals surface area (Å²) in [6.07, 6.45) is -4.16. The van der Waals surface area contributed by atoms with Gasteiger partial charge in [0, 0.05) is 51.2 Å². The van der Waals surface area contributed by atoms with E-state index in [1.165, 1.54) is 16.4 Å². The molecule has 10 nitrogen and oxygen atoms in total. The van der Waals surface area contributed by atoms with E-state index >= 15 is 0 Å². The van der Waals surface area contributed by atoms with Gasteiger partial charge in [-0.05, 0) is 50.3 Å². The summed E-state index contributed by atoms with van der Waals surface area (Å²) in [5, 5.41) is 13.1. The first-order valence-electron chi connectivity index (χ1n) is 14.2. The van der Waals surface area contributed by atoms with Gasteiger partial charge in [0.2, 0.25) is 16.0 Å². The predicted molar refractivity (Wildman–Crippen MR) is 153 cm³/mol.